The molecule has 0 bridgehead atoms. The van der Waals surface area contributed by atoms with Gasteiger partial charge in [0, 0.05) is 25.3 Å². The molecule has 4 nitrogen and oxygen atoms in total. The van der Waals surface area contributed by atoms with Crippen LogP contribution in [0.2, 0.25) is 0 Å². The molecule has 1 rings (SSSR count). The second-order valence-corrected chi connectivity index (χ2v) is 7.25. The average Bonchev–Trinajstić information content (AvgIpc) is 2.37. The van der Waals surface area contributed by atoms with E-state index in [2.05, 4.69) is 5.32 Å². The van der Waals surface area contributed by atoms with Crippen LogP contribution in [0.3, 0.4) is 0 Å². The molecule has 0 saturated carbocycles. The predicted octanol–water partition coefficient (Wildman–Crippen LogP) is 3.55. The summed E-state index contributed by atoms with van der Waals surface area (Å²) in [7, 11) is -3.41. The highest BCUT2D eigenvalue weighted by molar-refractivity contribution is 7.89. The molecule has 0 unspecified atom stereocenters. The molecule has 0 atom stereocenters. The van der Waals surface area contributed by atoms with Gasteiger partial charge in [0.15, 0.2) is 0 Å². The Morgan fingerprint density at radius 1 is 1.00 bits per heavy atom. The number of hydrogen-bond acceptors (Lipinski definition) is 3. The van der Waals surface area contributed by atoms with Gasteiger partial charge < -0.3 is 5.32 Å². The SMILES string of the molecule is CCCN(CCC)S(=O)(=O)c1c(C)cc(NCC)cc1C. The van der Waals surface area contributed by atoms with Crippen LogP contribution >= 0.6 is 0 Å². The van der Waals surface area contributed by atoms with Crippen molar-refractivity contribution in [3.8, 4) is 0 Å². The second kappa shape index (κ2) is 7.80. The Morgan fingerprint density at radius 2 is 1.48 bits per heavy atom. The van der Waals surface area contributed by atoms with Crippen LogP contribution in [0.25, 0.3) is 0 Å². The van der Waals surface area contributed by atoms with Crippen LogP contribution in [0.4, 0.5) is 5.69 Å². The van der Waals surface area contributed by atoms with Crippen molar-refractivity contribution in [2.24, 2.45) is 0 Å². The van der Waals surface area contributed by atoms with Crippen LogP contribution in [-0.4, -0.2) is 32.4 Å². The van der Waals surface area contributed by atoms with E-state index < -0.39 is 10.0 Å². The van der Waals surface area contributed by atoms with Crippen molar-refractivity contribution < 1.29 is 8.42 Å². The molecule has 0 aliphatic heterocycles. The average molecular weight is 312 g/mol. The predicted molar refractivity (Wildman–Crippen MR) is 89.4 cm³/mol. The summed E-state index contributed by atoms with van der Waals surface area (Å²) in [6.07, 6.45) is 1.65. The summed E-state index contributed by atoms with van der Waals surface area (Å²) in [6, 6.07) is 3.83. The first kappa shape index (κ1) is 18.0. The molecular weight excluding hydrogens is 284 g/mol. The number of sulfonamides is 1. The van der Waals surface area contributed by atoms with Gasteiger partial charge in [0.2, 0.25) is 10.0 Å². The van der Waals surface area contributed by atoms with Gasteiger partial charge in [0.05, 0.1) is 4.90 Å². The molecule has 1 N–H and O–H groups in total. The third kappa shape index (κ3) is 4.20. The first-order chi connectivity index (χ1) is 9.88. The minimum absolute atomic E-state index is 0.464. The molecule has 21 heavy (non-hydrogen) atoms. The van der Waals surface area contributed by atoms with Crippen molar-refractivity contribution in [2.75, 3.05) is 25.0 Å². The van der Waals surface area contributed by atoms with Crippen molar-refractivity contribution >= 4 is 15.7 Å². The van der Waals surface area contributed by atoms with E-state index in [1.807, 2.05) is 46.8 Å². The third-order valence-electron chi connectivity index (χ3n) is 3.39. The Morgan fingerprint density at radius 3 is 1.86 bits per heavy atom. The molecule has 120 valence electrons. The van der Waals surface area contributed by atoms with Crippen molar-refractivity contribution in [3.05, 3.63) is 23.3 Å². The van der Waals surface area contributed by atoms with Gasteiger partial charge in [-0.1, -0.05) is 13.8 Å². The smallest absolute Gasteiger partial charge is 0.243 e. The molecule has 0 heterocycles. The van der Waals surface area contributed by atoms with Gasteiger partial charge in [-0.15, -0.1) is 0 Å². The fourth-order valence-electron chi connectivity index (χ4n) is 2.64. The number of anilines is 1. The zero-order valence-corrected chi connectivity index (χ0v) is 14.7. The van der Waals surface area contributed by atoms with Gasteiger partial charge in [0.1, 0.15) is 0 Å². The minimum atomic E-state index is -3.41. The van der Waals surface area contributed by atoms with Gasteiger partial charge in [0.25, 0.3) is 0 Å². The first-order valence-electron chi connectivity index (χ1n) is 7.73. The van der Waals surface area contributed by atoms with Crippen LogP contribution in [0.15, 0.2) is 17.0 Å². The lowest BCUT2D eigenvalue weighted by molar-refractivity contribution is 0.409. The highest BCUT2D eigenvalue weighted by atomic mass is 32.2. The number of aryl methyl sites for hydroxylation is 2. The van der Waals surface area contributed by atoms with E-state index in [-0.39, 0.29) is 0 Å². The summed E-state index contributed by atoms with van der Waals surface area (Å²) in [5, 5.41) is 3.24. The van der Waals surface area contributed by atoms with Crippen LogP contribution < -0.4 is 5.32 Å². The monoisotopic (exact) mass is 312 g/mol. The van der Waals surface area contributed by atoms with Crippen molar-refractivity contribution in [1.82, 2.24) is 4.31 Å². The number of rotatable bonds is 8. The Labute approximate surface area is 129 Å². The highest BCUT2D eigenvalue weighted by Crippen LogP contribution is 2.27. The molecular formula is C16H28N2O2S. The lowest BCUT2D eigenvalue weighted by atomic mass is 10.1. The number of benzene rings is 1. The number of hydrogen-bond donors (Lipinski definition) is 1. The zero-order valence-electron chi connectivity index (χ0n) is 13.9. The molecule has 0 amide bonds. The number of nitrogens with zero attached hydrogens (tertiary/aromatic N) is 1. The largest absolute Gasteiger partial charge is 0.385 e. The molecule has 1 aromatic carbocycles. The Bertz CT molecular complexity index is 539. The molecule has 0 fully saturated rings. The Balaban J connectivity index is 3.30. The van der Waals surface area contributed by atoms with Crippen LogP contribution in [-0.2, 0) is 10.0 Å². The maximum atomic E-state index is 12.9. The van der Waals surface area contributed by atoms with E-state index in [0.717, 1.165) is 36.2 Å². The van der Waals surface area contributed by atoms with Crippen LogP contribution in [0, 0.1) is 13.8 Å². The molecule has 0 radical (unpaired) electrons. The maximum absolute atomic E-state index is 12.9. The summed E-state index contributed by atoms with van der Waals surface area (Å²) in [4.78, 5) is 0.464. The Hall–Kier alpha value is -1.07. The summed E-state index contributed by atoms with van der Waals surface area (Å²) in [6.45, 7) is 11.8. The van der Waals surface area contributed by atoms with Gasteiger partial charge in [-0.3, -0.25) is 0 Å². The molecule has 1 aromatic rings. The normalized spacial score (nSPS) is 11.9. The fraction of sp³-hybridized carbons (Fsp3) is 0.625. The van der Waals surface area contributed by atoms with E-state index in [9.17, 15) is 8.42 Å². The minimum Gasteiger partial charge on any atom is -0.385 e. The zero-order chi connectivity index (χ0) is 16.0. The van der Waals surface area contributed by atoms with Gasteiger partial charge in [-0.25, -0.2) is 8.42 Å². The first-order valence-corrected chi connectivity index (χ1v) is 9.17. The summed E-state index contributed by atoms with van der Waals surface area (Å²) < 4.78 is 27.5. The summed E-state index contributed by atoms with van der Waals surface area (Å²) in [5.41, 5.74) is 2.59. The van der Waals surface area contributed by atoms with E-state index in [1.165, 1.54) is 0 Å². The standard InChI is InChI=1S/C16H28N2O2S/c1-6-9-18(10-7-2)21(19,20)16-13(4)11-15(17-8-3)12-14(16)5/h11-12,17H,6-10H2,1-5H3. The highest BCUT2D eigenvalue weighted by Gasteiger charge is 2.26. The molecule has 5 heteroatoms. The van der Waals surface area contributed by atoms with E-state index >= 15 is 0 Å². The third-order valence-corrected chi connectivity index (χ3v) is 5.59. The second-order valence-electron chi connectivity index (χ2n) is 5.37. The van der Waals surface area contributed by atoms with Gasteiger partial charge in [-0.2, -0.15) is 4.31 Å². The van der Waals surface area contributed by atoms with Crippen LogP contribution in [0.1, 0.15) is 44.7 Å². The van der Waals surface area contributed by atoms with Crippen LogP contribution in [0.5, 0.6) is 0 Å². The van der Waals surface area contributed by atoms with Gasteiger partial charge >= 0.3 is 0 Å². The van der Waals surface area contributed by atoms with E-state index in [4.69, 9.17) is 0 Å². The quantitative estimate of drug-likeness (QED) is 0.798. The lowest BCUT2D eigenvalue weighted by Gasteiger charge is -2.23. The molecule has 0 aliphatic carbocycles. The lowest BCUT2D eigenvalue weighted by Crippen LogP contribution is -2.33. The Kier molecular flexibility index (Phi) is 6.68. The van der Waals surface area contributed by atoms with E-state index in [0.29, 0.717) is 18.0 Å². The molecule has 0 spiro atoms. The molecule has 0 saturated heterocycles. The van der Waals surface area contributed by atoms with Crippen molar-refractivity contribution in [2.45, 2.75) is 52.4 Å². The number of nitrogens with one attached hydrogen (secondary N) is 1. The maximum Gasteiger partial charge on any atom is 0.243 e. The molecule has 0 aliphatic rings. The summed E-state index contributed by atoms with van der Waals surface area (Å²) in [5.74, 6) is 0. The van der Waals surface area contributed by atoms with Crippen molar-refractivity contribution in [3.63, 3.8) is 0 Å². The van der Waals surface area contributed by atoms with Gasteiger partial charge in [-0.05, 0) is 56.9 Å². The summed E-state index contributed by atoms with van der Waals surface area (Å²) >= 11 is 0. The van der Waals surface area contributed by atoms with Crippen molar-refractivity contribution in [1.29, 1.82) is 0 Å². The topological polar surface area (TPSA) is 49.4 Å². The molecule has 0 aromatic heterocycles. The fourth-order valence-corrected chi connectivity index (χ4v) is 4.68. The van der Waals surface area contributed by atoms with E-state index in [1.54, 1.807) is 4.31 Å².